The molecule has 15 nitrogen and oxygen atoms in total. The molecular formula is C42H47N5O10S. The lowest BCUT2D eigenvalue weighted by atomic mass is 9.88. The molecular weight excluding hydrogens is 767 g/mol. The topological polar surface area (TPSA) is 217 Å². The summed E-state index contributed by atoms with van der Waals surface area (Å²) in [6.07, 6.45) is -1.13. The first kappa shape index (κ1) is 41.8. The van der Waals surface area contributed by atoms with Crippen LogP contribution in [0.5, 0.6) is 11.5 Å². The predicted octanol–water partition coefficient (Wildman–Crippen LogP) is 3.88. The number of rotatable bonds is 14. The number of hydrogen-bond donors (Lipinski definition) is 4. The van der Waals surface area contributed by atoms with E-state index >= 15 is 0 Å². The number of amides is 3. The number of pyridine rings is 1. The van der Waals surface area contributed by atoms with Crippen molar-refractivity contribution in [2.45, 2.75) is 74.3 Å². The molecule has 2 aliphatic rings. The summed E-state index contributed by atoms with van der Waals surface area (Å²) in [7, 11) is -2.82. The van der Waals surface area contributed by atoms with Crippen LogP contribution in [-0.4, -0.2) is 96.7 Å². The van der Waals surface area contributed by atoms with Crippen LogP contribution in [0.1, 0.15) is 40.0 Å². The zero-order valence-corrected chi connectivity index (χ0v) is 33.5. The van der Waals surface area contributed by atoms with E-state index in [-0.39, 0.29) is 30.7 Å². The molecule has 2 fully saturated rings. The number of benzene rings is 3. The summed E-state index contributed by atoms with van der Waals surface area (Å²) in [6.45, 7) is 8.12. The van der Waals surface area contributed by atoms with Gasteiger partial charge in [-0.1, -0.05) is 54.6 Å². The van der Waals surface area contributed by atoms with Gasteiger partial charge in [-0.25, -0.2) is 22.9 Å². The maximum Gasteiger partial charge on any atom is 0.408 e. The first-order chi connectivity index (χ1) is 27.4. The van der Waals surface area contributed by atoms with E-state index in [0.717, 1.165) is 5.56 Å². The van der Waals surface area contributed by atoms with Gasteiger partial charge in [0.1, 0.15) is 34.8 Å². The van der Waals surface area contributed by atoms with Gasteiger partial charge in [0.2, 0.25) is 5.91 Å². The number of nitrogens with zero attached hydrogens (tertiary/aromatic N) is 2. The third-order valence-electron chi connectivity index (χ3n) is 10.3. The number of carbonyl (C=O) groups excluding carboxylic acids is 4. The number of alkyl carbamates (subject to hydrolysis) is 1. The van der Waals surface area contributed by atoms with Gasteiger partial charge in [0.15, 0.2) is 5.78 Å². The summed E-state index contributed by atoms with van der Waals surface area (Å²) in [6, 6.07) is 21.1. The standard InChI is InChI=1S/C42H47N5O10S/c1-6-41(25-42(41,43)38(51)46-58(53,54)29-15-11-8-12-16-29)36(49)34-22-28(24-47(34)37(50)31(19-20-48)45-39(52)57-40(2,3)4)56-35-23-32(26-13-9-7-10-14-26)44-33-21-27(55-5)17-18-30(33)35/h6-18,21,23,28,31,34,48H,1,19-20,22,24-25,43H2,2-5H3,(H,45,52)(H,46,51)/t28-,31+,34+,41+,42+/m1/s1. The minimum absolute atomic E-state index is 0.0842. The third kappa shape index (κ3) is 8.40. The fourth-order valence-corrected chi connectivity index (χ4v) is 8.32. The van der Waals surface area contributed by atoms with Gasteiger partial charge < -0.3 is 35.3 Å². The van der Waals surface area contributed by atoms with Crippen molar-refractivity contribution in [2.24, 2.45) is 11.1 Å². The summed E-state index contributed by atoms with van der Waals surface area (Å²) in [5, 5.41) is 13.1. The van der Waals surface area contributed by atoms with Crippen LogP contribution in [0.3, 0.4) is 0 Å². The fourth-order valence-electron chi connectivity index (χ4n) is 7.26. The highest BCUT2D eigenvalue weighted by Gasteiger charge is 2.74. The molecule has 1 saturated heterocycles. The monoisotopic (exact) mass is 813 g/mol. The summed E-state index contributed by atoms with van der Waals surface area (Å²) in [5.74, 6) is -1.55. The second-order valence-electron chi connectivity index (χ2n) is 15.4. The van der Waals surface area contributed by atoms with E-state index in [1.807, 2.05) is 35.1 Å². The first-order valence-electron chi connectivity index (χ1n) is 18.7. The maximum absolute atomic E-state index is 14.8. The molecule has 1 aliphatic carbocycles. The van der Waals surface area contributed by atoms with Crippen molar-refractivity contribution in [1.29, 1.82) is 0 Å². The van der Waals surface area contributed by atoms with Gasteiger partial charge in [0, 0.05) is 36.1 Å². The molecule has 3 aromatic carbocycles. The number of fused-ring (bicyclic) bond motifs is 1. The summed E-state index contributed by atoms with van der Waals surface area (Å²) < 4.78 is 45.7. The fraction of sp³-hybridized carbons (Fsp3) is 0.357. The van der Waals surface area contributed by atoms with Crippen molar-refractivity contribution in [3.63, 3.8) is 0 Å². The molecule has 5 N–H and O–H groups in total. The largest absolute Gasteiger partial charge is 0.497 e. The van der Waals surface area contributed by atoms with E-state index in [1.165, 1.54) is 35.2 Å². The highest BCUT2D eigenvalue weighted by molar-refractivity contribution is 7.90. The minimum Gasteiger partial charge on any atom is -0.497 e. The van der Waals surface area contributed by atoms with Crippen molar-refractivity contribution < 1.29 is 46.9 Å². The number of nitrogens with one attached hydrogen (secondary N) is 2. The molecule has 306 valence electrons. The Balaban J connectivity index is 1.35. The van der Waals surface area contributed by atoms with Crippen molar-refractivity contribution >= 4 is 44.6 Å². The van der Waals surface area contributed by atoms with Gasteiger partial charge in [-0.15, -0.1) is 6.58 Å². The smallest absolute Gasteiger partial charge is 0.408 e. The van der Waals surface area contributed by atoms with Crippen LogP contribution in [0, 0.1) is 5.41 Å². The number of aromatic nitrogens is 1. The first-order valence-corrected chi connectivity index (χ1v) is 20.1. The summed E-state index contributed by atoms with van der Waals surface area (Å²) in [5.41, 5.74) is 3.81. The number of Topliss-reactive ketones (excluding diaryl/α,β-unsaturated/α-hetero) is 1. The third-order valence-corrected chi connectivity index (χ3v) is 11.6. The minimum atomic E-state index is -4.36. The van der Waals surface area contributed by atoms with Gasteiger partial charge in [0.05, 0.1) is 41.2 Å². The summed E-state index contributed by atoms with van der Waals surface area (Å²) >= 11 is 0. The lowest BCUT2D eigenvalue weighted by Gasteiger charge is -2.31. The van der Waals surface area contributed by atoms with Gasteiger partial charge >= 0.3 is 6.09 Å². The van der Waals surface area contributed by atoms with E-state index < -0.39 is 75.1 Å². The van der Waals surface area contributed by atoms with Crippen LogP contribution in [0.15, 0.2) is 102 Å². The van der Waals surface area contributed by atoms with Crippen LogP contribution < -0.4 is 25.2 Å². The molecule has 1 saturated carbocycles. The van der Waals surface area contributed by atoms with Gasteiger partial charge in [0.25, 0.3) is 15.9 Å². The zero-order valence-electron chi connectivity index (χ0n) is 32.6. The molecule has 0 spiro atoms. The lowest BCUT2D eigenvalue weighted by molar-refractivity contribution is -0.141. The molecule has 58 heavy (non-hydrogen) atoms. The number of carbonyl (C=O) groups is 4. The lowest BCUT2D eigenvalue weighted by Crippen LogP contribution is -2.56. The molecule has 6 rings (SSSR count). The average Bonchev–Trinajstić information content (AvgIpc) is 3.63. The normalized spacial score (nSPS) is 22.1. The zero-order chi connectivity index (χ0) is 42.0. The van der Waals surface area contributed by atoms with Crippen molar-refractivity contribution in [3.8, 4) is 22.8 Å². The average molecular weight is 814 g/mol. The molecule has 0 bridgehead atoms. The van der Waals surface area contributed by atoms with Crippen LogP contribution in [0.25, 0.3) is 22.2 Å². The Morgan fingerprint density at radius 2 is 1.72 bits per heavy atom. The van der Waals surface area contributed by atoms with E-state index in [4.69, 9.17) is 24.9 Å². The number of aliphatic hydroxyl groups is 1. The quantitative estimate of drug-likeness (QED) is 0.134. The van der Waals surface area contributed by atoms with Crippen LogP contribution in [-0.2, 0) is 29.1 Å². The Labute approximate surface area is 336 Å². The Morgan fingerprint density at radius 3 is 2.34 bits per heavy atom. The van der Waals surface area contributed by atoms with E-state index in [2.05, 4.69) is 11.9 Å². The van der Waals surface area contributed by atoms with E-state index in [0.29, 0.717) is 28.1 Å². The molecule has 5 atom stereocenters. The number of hydrogen-bond acceptors (Lipinski definition) is 12. The molecule has 1 aliphatic heterocycles. The number of nitrogens with two attached hydrogens (primary N) is 1. The second-order valence-corrected chi connectivity index (χ2v) is 17.1. The Bertz CT molecular complexity index is 2340. The number of sulfonamides is 1. The number of methoxy groups -OCH3 is 1. The Morgan fingerprint density at radius 1 is 1.05 bits per heavy atom. The van der Waals surface area contributed by atoms with Crippen LogP contribution >= 0.6 is 0 Å². The molecule has 0 unspecified atom stereocenters. The number of aliphatic hydroxyl groups excluding tert-OH is 1. The van der Waals surface area contributed by atoms with Crippen molar-refractivity contribution in [1.82, 2.24) is 19.9 Å². The number of ether oxygens (including phenoxy) is 3. The highest BCUT2D eigenvalue weighted by atomic mass is 32.2. The molecule has 1 aromatic heterocycles. The number of ketones is 1. The number of likely N-dealkylation sites (tertiary alicyclic amines) is 1. The Hall–Kier alpha value is -5.84. The van der Waals surface area contributed by atoms with E-state index in [9.17, 15) is 32.7 Å². The molecule has 0 radical (unpaired) electrons. The summed E-state index contributed by atoms with van der Waals surface area (Å²) in [4.78, 5) is 61.7. The van der Waals surface area contributed by atoms with Crippen molar-refractivity contribution in [3.05, 3.63) is 97.6 Å². The molecule has 2 heterocycles. The Kier molecular flexibility index (Phi) is 11.7. The predicted molar refractivity (Wildman–Crippen MR) is 214 cm³/mol. The van der Waals surface area contributed by atoms with Gasteiger partial charge in [-0.05, 0) is 57.9 Å². The highest BCUT2D eigenvalue weighted by Crippen LogP contribution is 2.58. The molecule has 16 heteroatoms. The van der Waals surface area contributed by atoms with Crippen LogP contribution in [0.4, 0.5) is 4.79 Å². The SMILES string of the molecule is C=C[C@@]1(C(=O)[C@@H]2C[C@@H](Oc3cc(-c4ccccc4)nc4cc(OC)ccc34)CN2C(=O)[C@H](CCO)NC(=O)OC(C)(C)C)C[C@]1(N)C(=O)NS(=O)(=O)c1ccccc1. The molecule has 3 amide bonds. The maximum atomic E-state index is 14.8. The van der Waals surface area contributed by atoms with Gasteiger partial charge in [-0.3, -0.25) is 14.4 Å². The van der Waals surface area contributed by atoms with Crippen LogP contribution in [0.2, 0.25) is 0 Å². The second kappa shape index (κ2) is 16.2. The molecule has 4 aromatic rings. The van der Waals surface area contributed by atoms with Gasteiger partial charge in [-0.2, -0.15) is 0 Å². The van der Waals surface area contributed by atoms with E-state index in [1.54, 1.807) is 58.2 Å². The van der Waals surface area contributed by atoms with Crippen molar-refractivity contribution in [2.75, 3.05) is 20.3 Å².